The van der Waals surface area contributed by atoms with E-state index < -0.39 is 0 Å². The third-order valence-corrected chi connectivity index (χ3v) is 9.69. The molecule has 6 aromatic rings. The van der Waals surface area contributed by atoms with Gasteiger partial charge in [-0.15, -0.1) is 0 Å². The first-order chi connectivity index (χ1) is 19.8. The quantitative estimate of drug-likeness (QED) is 0.225. The Balaban J connectivity index is 1.14. The third-order valence-electron chi connectivity index (χ3n) is 9.69. The molecule has 2 saturated carbocycles. The second kappa shape index (κ2) is 9.41. The van der Waals surface area contributed by atoms with Crippen LogP contribution in [0.3, 0.4) is 0 Å². The van der Waals surface area contributed by atoms with E-state index in [-0.39, 0.29) is 0 Å². The summed E-state index contributed by atoms with van der Waals surface area (Å²) in [6.45, 7) is 0. The lowest BCUT2D eigenvalue weighted by molar-refractivity contribution is 0.370. The van der Waals surface area contributed by atoms with Gasteiger partial charge in [0.25, 0.3) is 0 Å². The molecule has 2 nitrogen and oxygen atoms in total. The molecular weight excluding hydrogens is 486 g/mol. The van der Waals surface area contributed by atoms with E-state index in [0.29, 0.717) is 5.41 Å². The standard InChI is InChI=1S/C38H33NO/c1-2-10-31(11-3-1)39(33-22-23-35-34-12-4-5-13-36(34)40-37(35)26-33)32-20-16-28(17-21-32)27-14-18-30(19-15-27)38-24-6-8-29(38)9-7-25-38/h1-5,10-23,26,29H,6-9,24-25H2. The van der Waals surface area contributed by atoms with Crippen LogP contribution in [0.25, 0.3) is 33.1 Å². The largest absolute Gasteiger partial charge is 0.456 e. The van der Waals surface area contributed by atoms with E-state index in [4.69, 9.17) is 4.42 Å². The molecule has 2 fully saturated rings. The summed E-state index contributed by atoms with van der Waals surface area (Å²) in [5, 5.41) is 2.30. The van der Waals surface area contributed by atoms with Crippen LogP contribution in [0.4, 0.5) is 17.1 Å². The van der Waals surface area contributed by atoms with Crippen molar-refractivity contribution in [2.45, 2.75) is 43.9 Å². The van der Waals surface area contributed by atoms with E-state index in [1.54, 1.807) is 5.56 Å². The van der Waals surface area contributed by atoms with Crippen LogP contribution >= 0.6 is 0 Å². The number of para-hydroxylation sites is 2. The second-order valence-corrected chi connectivity index (χ2v) is 11.7. The van der Waals surface area contributed by atoms with Gasteiger partial charge in [0, 0.05) is 33.9 Å². The van der Waals surface area contributed by atoms with Gasteiger partial charge in [-0.05, 0) is 96.2 Å². The predicted molar refractivity (Wildman–Crippen MR) is 167 cm³/mol. The van der Waals surface area contributed by atoms with E-state index in [9.17, 15) is 0 Å². The summed E-state index contributed by atoms with van der Waals surface area (Å²) in [5.74, 6) is 0.903. The first-order valence-corrected chi connectivity index (χ1v) is 14.8. The Morgan fingerprint density at radius 1 is 0.550 bits per heavy atom. The van der Waals surface area contributed by atoms with Crippen molar-refractivity contribution in [2.24, 2.45) is 5.92 Å². The molecule has 0 unspecified atom stereocenters. The summed E-state index contributed by atoms with van der Waals surface area (Å²) in [4.78, 5) is 2.30. The van der Waals surface area contributed by atoms with Crippen LogP contribution in [-0.2, 0) is 5.41 Å². The molecule has 0 spiro atoms. The topological polar surface area (TPSA) is 16.4 Å². The second-order valence-electron chi connectivity index (χ2n) is 11.7. The molecule has 40 heavy (non-hydrogen) atoms. The Morgan fingerprint density at radius 2 is 1.15 bits per heavy atom. The van der Waals surface area contributed by atoms with Crippen LogP contribution in [0.2, 0.25) is 0 Å². The van der Waals surface area contributed by atoms with Crippen molar-refractivity contribution in [3.63, 3.8) is 0 Å². The Labute approximate surface area is 235 Å². The Bertz CT molecular complexity index is 1790. The zero-order valence-electron chi connectivity index (χ0n) is 22.7. The van der Waals surface area contributed by atoms with E-state index in [2.05, 4.69) is 114 Å². The van der Waals surface area contributed by atoms with Crippen LogP contribution in [0.15, 0.2) is 126 Å². The third kappa shape index (κ3) is 3.78. The van der Waals surface area contributed by atoms with Gasteiger partial charge in [-0.2, -0.15) is 0 Å². The molecule has 2 heteroatoms. The van der Waals surface area contributed by atoms with E-state index in [1.807, 2.05) is 12.1 Å². The zero-order valence-corrected chi connectivity index (χ0v) is 22.7. The van der Waals surface area contributed by atoms with Crippen molar-refractivity contribution in [1.82, 2.24) is 0 Å². The maximum Gasteiger partial charge on any atom is 0.137 e. The van der Waals surface area contributed by atoms with E-state index in [0.717, 1.165) is 44.9 Å². The average molecular weight is 520 g/mol. The van der Waals surface area contributed by atoms with Gasteiger partial charge >= 0.3 is 0 Å². The first kappa shape index (κ1) is 23.6. The van der Waals surface area contributed by atoms with Crippen molar-refractivity contribution in [3.05, 3.63) is 127 Å². The van der Waals surface area contributed by atoms with E-state index in [1.165, 1.54) is 49.7 Å². The number of nitrogens with zero attached hydrogens (tertiary/aromatic N) is 1. The average Bonchev–Trinajstić information content (AvgIpc) is 3.71. The number of rotatable bonds is 5. The number of benzene rings is 5. The van der Waals surface area contributed by atoms with Gasteiger partial charge < -0.3 is 9.32 Å². The fraction of sp³-hybridized carbons (Fsp3) is 0.211. The highest BCUT2D eigenvalue weighted by Gasteiger charge is 2.46. The van der Waals surface area contributed by atoms with Crippen LogP contribution in [0.5, 0.6) is 0 Å². The molecule has 0 radical (unpaired) electrons. The number of furan rings is 1. The molecule has 2 aliphatic carbocycles. The SMILES string of the molecule is c1ccc(N(c2ccc(-c3ccc(C45CCCC4CCC5)cc3)cc2)c2ccc3c(c2)oc2ccccc23)cc1. The highest BCUT2D eigenvalue weighted by Crippen LogP contribution is 2.55. The monoisotopic (exact) mass is 519 g/mol. The van der Waals surface area contributed by atoms with Crippen molar-refractivity contribution >= 4 is 39.0 Å². The van der Waals surface area contributed by atoms with Crippen LogP contribution in [-0.4, -0.2) is 0 Å². The molecule has 0 atom stereocenters. The van der Waals surface area contributed by atoms with Gasteiger partial charge in [-0.1, -0.05) is 85.6 Å². The fourth-order valence-corrected chi connectivity index (χ4v) is 7.76. The molecule has 2 aliphatic rings. The zero-order chi connectivity index (χ0) is 26.5. The molecule has 0 aliphatic heterocycles. The maximum absolute atomic E-state index is 6.24. The minimum absolute atomic E-state index is 0.458. The van der Waals surface area contributed by atoms with Crippen LogP contribution < -0.4 is 4.90 Å². The highest BCUT2D eigenvalue weighted by atomic mass is 16.3. The lowest BCUT2D eigenvalue weighted by atomic mass is 9.74. The van der Waals surface area contributed by atoms with Gasteiger partial charge in [0.2, 0.25) is 0 Å². The highest BCUT2D eigenvalue weighted by molar-refractivity contribution is 6.06. The summed E-state index contributed by atoms with van der Waals surface area (Å²) < 4.78 is 6.24. The van der Waals surface area contributed by atoms with Gasteiger partial charge in [0.15, 0.2) is 0 Å². The van der Waals surface area contributed by atoms with Gasteiger partial charge in [0.05, 0.1) is 0 Å². The molecule has 5 aromatic carbocycles. The smallest absolute Gasteiger partial charge is 0.137 e. The minimum Gasteiger partial charge on any atom is -0.456 e. The minimum atomic E-state index is 0.458. The molecule has 0 saturated heterocycles. The fourth-order valence-electron chi connectivity index (χ4n) is 7.76. The lowest BCUT2D eigenvalue weighted by Gasteiger charge is -2.30. The van der Waals surface area contributed by atoms with Crippen LogP contribution in [0, 0.1) is 5.92 Å². The number of fused-ring (bicyclic) bond motifs is 4. The lowest BCUT2D eigenvalue weighted by Crippen LogP contribution is -2.24. The normalized spacial score (nSPS) is 20.2. The summed E-state index contributed by atoms with van der Waals surface area (Å²) in [6, 6.07) is 43.9. The van der Waals surface area contributed by atoms with Crippen molar-refractivity contribution in [1.29, 1.82) is 0 Å². The molecule has 1 heterocycles. The molecule has 1 aromatic heterocycles. The Hall–Kier alpha value is -4.30. The van der Waals surface area contributed by atoms with E-state index >= 15 is 0 Å². The van der Waals surface area contributed by atoms with Crippen molar-refractivity contribution in [3.8, 4) is 11.1 Å². The van der Waals surface area contributed by atoms with Crippen molar-refractivity contribution < 1.29 is 4.42 Å². The summed E-state index contributed by atoms with van der Waals surface area (Å²) in [5.41, 5.74) is 9.73. The van der Waals surface area contributed by atoms with Gasteiger partial charge in [-0.3, -0.25) is 0 Å². The predicted octanol–water partition coefficient (Wildman–Crippen LogP) is 10.9. The number of anilines is 3. The first-order valence-electron chi connectivity index (χ1n) is 14.8. The summed E-state index contributed by atoms with van der Waals surface area (Å²) >= 11 is 0. The number of hydrogen-bond donors (Lipinski definition) is 0. The van der Waals surface area contributed by atoms with Crippen LogP contribution in [0.1, 0.15) is 44.1 Å². The molecular formula is C38H33NO. The van der Waals surface area contributed by atoms with Gasteiger partial charge in [-0.25, -0.2) is 0 Å². The Kier molecular flexibility index (Phi) is 5.55. The van der Waals surface area contributed by atoms with Crippen molar-refractivity contribution in [2.75, 3.05) is 4.90 Å². The van der Waals surface area contributed by atoms with Gasteiger partial charge in [0.1, 0.15) is 11.2 Å². The Morgan fingerprint density at radius 3 is 1.90 bits per heavy atom. The molecule has 196 valence electrons. The number of hydrogen-bond acceptors (Lipinski definition) is 2. The summed E-state index contributed by atoms with van der Waals surface area (Å²) in [6.07, 6.45) is 8.39. The molecule has 0 N–H and O–H groups in total. The molecule has 0 amide bonds. The summed E-state index contributed by atoms with van der Waals surface area (Å²) in [7, 11) is 0. The molecule has 8 rings (SSSR count). The maximum atomic E-state index is 6.24. The molecule has 0 bridgehead atoms.